The number of nitriles is 1. The summed E-state index contributed by atoms with van der Waals surface area (Å²) in [4.78, 5) is 38.3. The summed E-state index contributed by atoms with van der Waals surface area (Å²) in [6, 6.07) is 15.6. The number of amides is 2. The second-order valence-electron chi connectivity index (χ2n) is 8.95. The Morgan fingerprint density at radius 3 is 2.51 bits per heavy atom. The van der Waals surface area contributed by atoms with E-state index in [1.807, 2.05) is 36.4 Å². The third-order valence-corrected chi connectivity index (χ3v) is 6.31. The Hall–Kier alpha value is -5.08. The van der Waals surface area contributed by atoms with Crippen molar-refractivity contribution in [1.29, 1.82) is 5.26 Å². The zero-order valence-electron chi connectivity index (χ0n) is 22.7. The fourth-order valence-electron chi connectivity index (χ4n) is 4.23. The average molecular weight is 559 g/mol. The van der Waals surface area contributed by atoms with E-state index in [1.54, 1.807) is 23.0 Å². The molecule has 0 unspecified atom stereocenters. The van der Waals surface area contributed by atoms with Crippen LogP contribution in [0.3, 0.4) is 0 Å². The van der Waals surface area contributed by atoms with Gasteiger partial charge in [-0.15, -0.1) is 0 Å². The van der Waals surface area contributed by atoms with Crippen molar-refractivity contribution in [3.8, 4) is 28.8 Å². The third kappa shape index (κ3) is 6.40. The van der Waals surface area contributed by atoms with Gasteiger partial charge in [-0.2, -0.15) is 10.4 Å². The monoisotopic (exact) mass is 558 g/mol. The molecule has 1 aliphatic heterocycles. The normalized spacial score (nSPS) is 14.4. The number of aromatic nitrogens is 2. The molecule has 10 nitrogen and oxygen atoms in total. The maximum atomic E-state index is 14.7. The third-order valence-electron chi connectivity index (χ3n) is 6.31. The fraction of sp³-hybridized carbons (Fsp3) is 0.233. The van der Waals surface area contributed by atoms with Crippen LogP contribution in [0.25, 0.3) is 23.0 Å². The van der Waals surface area contributed by atoms with Gasteiger partial charge in [0.05, 0.1) is 32.6 Å². The lowest BCUT2D eigenvalue weighted by Gasteiger charge is -2.27. The van der Waals surface area contributed by atoms with Gasteiger partial charge in [0, 0.05) is 29.8 Å². The number of carbonyl (C=O) groups is 3. The number of rotatable bonds is 10. The van der Waals surface area contributed by atoms with Crippen molar-refractivity contribution in [2.45, 2.75) is 13.8 Å². The molecule has 0 N–H and O–H groups in total. The Morgan fingerprint density at radius 2 is 1.85 bits per heavy atom. The van der Waals surface area contributed by atoms with Gasteiger partial charge in [-0.1, -0.05) is 18.2 Å². The molecule has 0 bridgehead atoms. The van der Waals surface area contributed by atoms with E-state index < -0.39 is 23.6 Å². The highest BCUT2D eigenvalue weighted by Gasteiger charge is 2.35. The number of hydrogen-bond acceptors (Lipinski definition) is 8. The van der Waals surface area contributed by atoms with Crippen LogP contribution < -0.4 is 4.74 Å². The highest BCUT2D eigenvalue weighted by Crippen LogP contribution is 2.32. The van der Waals surface area contributed by atoms with Gasteiger partial charge in [0.25, 0.3) is 11.8 Å². The maximum Gasteiger partial charge on any atom is 0.302 e. The molecule has 0 atom stereocenters. The Morgan fingerprint density at radius 1 is 1.10 bits per heavy atom. The SMILES string of the molecule is COc1ccc(-c2nn(-c3ccccc3)cc2/C=C2/C(=O)N(CCOCCOC(C)=O)C(=O)C(C#N)=C2C)cc1F. The Bertz CT molecular complexity index is 1590. The molecule has 1 aliphatic rings. The number of methoxy groups -OCH3 is 1. The molecule has 210 valence electrons. The number of para-hydroxylation sites is 1. The maximum absolute atomic E-state index is 14.7. The van der Waals surface area contributed by atoms with Crippen LogP contribution in [0.5, 0.6) is 5.75 Å². The van der Waals surface area contributed by atoms with E-state index in [-0.39, 0.29) is 48.8 Å². The quantitative estimate of drug-likeness (QED) is 0.159. The number of benzene rings is 2. The number of ether oxygens (including phenoxy) is 3. The van der Waals surface area contributed by atoms with Crippen molar-refractivity contribution in [2.24, 2.45) is 0 Å². The molecular weight excluding hydrogens is 531 g/mol. The largest absolute Gasteiger partial charge is 0.494 e. The molecule has 0 fully saturated rings. The smallest absolute Gasteiger partial charge is 0.302 e. The summed E-state index contributed by atoms with van der Waals surface area (Å²) in [5.41, 5.74) is 2.16. The van der Waals surface area contributed by atoms with Gasteiger partial charge in [0.2, 0.25) is 0 Å². The van der Waals surface area contributed by atoms with E-state index in [2.05, 4.69) is 5.10 Å². The van der Waals surface area contributed by atoms with Crippen molar-refractivity contribution in [3.63, 3.8) is 0 Å². The van der Waals surface area contributed by atoms with Crippen LogP contribution in [0.2, 0.25) is 0 Å². The van der Waals surface area contributed by atoms with Crippen molar-refractivity contribution in [1.82, 2.24) is 14.7 Å². The number of esters is 1. The van der Waals surface area contributed by atoms with E-state index in [9.17, 15) is 24.0 Å². The van der Waals surface area contributed by atoms with Crippen LogP contribution in [0.4, 0.5) is 4.39 Å². The Labute approximate surface area is 235 Å². The molecule has 41 heavy (non-hydrogen) atoms. The zero-order valence-corrected chi connectivity index (χ0v) is 22.7. The molecule has 11 heteroatoms. The molecule has 2 aromatic carbocycles. The summed E-state index contributed by atoms with van der Waals surface area (Å²) in [6.07, 6.45) is 3.23. The van der Waals surface area contributed by atoms with Crippen molar-refractivity contribution in [3.05, 3.63) is 82.8 Å². The van der Waals surface area contributed by atoms with Gasteiger partial charge >= 0.3 is 5.97 Å². The molecule has 0 radical (unpaired) electrons. The second-order valence-corrected chi connectivity index (χ2v) is 8.95. The highest BCUT2D eigenvalue weighted by molar-refractivity contribution is 6.19. The molecule has 0 saturated heterocycles. The van der Waals surface area contributed by atoms with Crippen LogP contribution in [0.15, 0.2) is 71.4 Å². The van der Waals surface area contributed by atoms with Gasteiger partial charge in [0.15, 0.2) is 11.6 Å². The lowest BCUT2D eigenvalue weighted by molar-refractivity contribution is -0.142. The number of imide groups is 1. The number of nitrogens with zero attached hydrogens (tertiary/aromatic N) is 4. The second kappa shape index (κ2) is 12.8. The highest BCUT2D eigenvalue weighted by atomic mass is 19.1. The lowest BCUT2D eigenvalue weighted by atomic mass is 9.93. The minimum Gasteiger partial charge on any atom is -0.494 e. The molecule has 0 aliphatic carbocycles. The van der Waals surface area contributed by atoms with Crippen LogP contribution >= 0.6 is 0 Å². The van der Waals surface area contributed by atoms with Gasteiger partial charge in [-0.05, 0) is 48.9 Å². The fourth-order valence-corrected chi connectivity index (χ4v) is 4.23. The summed E-state index contributed by atoms with van der Waals surface area (Å²) >= 11 is 0. The topological polar surface area (TPSA) is 124 Å². The first-order chi connectivity index (χ1) is 19.7. The van der Waals surface area contributed by atoms with Crippen LogP contribution in [-0.4, -0.2) is 65.9 Å². The summed E-state index contributed by atoms with van der Waals surface area (Å²) in [6.45, 7) is 2.78. The first-order valence-electron chi connectivity index (χ1n) is 12.6. The summed E-state index contributed by atoms with van der Waals surface area (Å²) in [5.74, 6) is -2.31. The molecule has 2 amide bonds. The Balaban J connectivity index is 1.73. The van der Waals surface area contributed by atoms with Crippen LogP contribution in [-0.2, 0) is 23.9 Å². The van der Waals surface area contributed by atoms with E-state index >= 15 is 0 Å². The molecule has 0 saturated carbocycles. The minimum absolute atomic E-state index is 0.0217. The number of carbonyl (C=O) groups excluding carboxylic acids is 3. The molecule has 0 spiro atoms. The molecule has 1 aromatic heterocycles. The van der Waals surface area contributed by atoms with Crippen molar-refractivity contribution < 1.29 is 33.0 Å². The lowest BCUT2D eigenvalue weighted by Crippen LogP contribution is -2.44. The molecular formula is C30H27FN4O6. The van der Waals surface area contributed by atoms with Crippen LogP contribution in [0.1, 0.15) is 19.4 Å². The van der Waals surface area contributed by atoms with Gasteiger partial charge in [0.1, 0.15) is 23.9 Å². The van der Waals surface area contributed by atoms with E-state index in [1.165, 1.54) is 33.1 Å². The molecule has 4 rings (SSSR count). The van der Waals surface area contributed by atoms with Gasteiger partial charge < -0.3 is 14.2 Å². The van der Waals surface area contributed by atoms with E-state index in [0.29, 0.717) is 16.8 Å². The predicted octanol–water partition coefficient (Wildman–Crippen LogP) is 3.86. The summed E-state index contributed by atoms with van der Waals surface area (Å²) < 4.78 is 31.5. The first kappa shape index (κ1) is 28.9. The Kier molecular flexibility index (Phi) is 9.06. The van der Waals surface area contributed by atoms with E-state index in [4.69, 9.17) is 14.2 Å². The first-order valence-corrected chi connectivity index (χ1v) is 12.6. The molecule has 2 heterocycles. The zero-order chi connectivity index (χ0) is 29.5. The predicted molar refractivity (Wildman–Crippen MR) is 146 cm³/mol. The van der Waals surface area contributed by atoms with Gasteiger partial charge in [-0.25, -0.2) is 9.07 Å². The summed E-state index contributed by atoms with van der Waals surface area (Å²) in [5, 5.41) is 14.4. The van der Waals surface area contributed by atoms with Crippen molar-refractivity contribution >= 4 is 23.9 Å². The summed E-state index contributed by atoms with van der Waals surface area (Å²) in [7, 11) is 1.37. The van der Waals surface area contributed by atoms with E-state index in [0.717, 1.165) is 10.6 Å². The average Bonchev–Trinajstić information content (AvgIpc) is 3.39. The minimum atomic E-state index is -0.729. The number of hydrogen-bond donors (Lipinski definition) is 0. The van der Waals surface area contributed by atoms with Crippen LogP contribution in [0, 0.1) is 17.1 Å². The molecule has 3 aromatic rings. The number of halogens is 1. The standard InChI is InChI=1S/C30H27FN4O6/c1-19-24(29(37)34(30(38)25(19)17-32)11-12-40-13-14-41-20(2)36)15-22-18-35(23-7-5-4-6-8-23)33-28(22)21-9-10-27(39-3)26(31)16-21/h4-10,15-16,18H,11-14H2,1-3H3/b24-15+. The van der Waals surface area contributed by atoms with Crippen molar-refractivity contribution in [2.75, 3.05) is 33.5 Å². The van der Waals surface area contributed by atoms with Gasteiger partial charge in [-0.3, -0.25) is 19.3 Å².